The molecule has 0 saturated carbocycles. The number of hydrogen-bond acceptors (Lipinski definition) is 6. The molecular formula is C21H19ClFN3O4. The quantitative estimate of drug-likeness (QED) is 0.573. The maximum Gasteiger partial charge on any atom is 0.232 e. The van der Waals surface area contributed by atoms with Crippen molar-refractivity contribution in [2.45, 2.75) is 19.3 Å². The topological polar surface area (TPSA) is 77.7 Å². The van der Waals surface area contributed by atoms with Crippen molar-refractivity contribution in [3.8, 4) is 22.9 Å². The number of methoxy groups -OCH3 is 1. The lowest BCUT2D eigenvalue weighted by Crippen LogP contribution is -2.25. The van der Waals surface area contributed by atoms with Crippen LogP contribution in [0.5, 0.6) is 11.5 Å². The Morgan fingerprint density at radius 1 is 1.30 bits per heavy atom. The first-order chi connectivity index (χ1) is 14.5. The van der Waals surface area contributed by atoms with Gasteiger partial charge >= 0.3 is 0 Å². The van der Waals surface area contributed by atoms with E-state index in [4.69, 9.17) is 25.6 Å². The van der Waals surface area contributed by atoms with E-state index in [1.807, 2.05) is 6.92 Å². The van der Waals surface area contributed by atoms with Crippen molar-refractivity contribution in [3.63, 3.8) is 0 Å². The molecule has 0 bridgehead atoms. The number of nitrogens with zero attached hydrogens (tertiary/aromatic N) is 3. The molecule has 1 aliphatic rings. The van der Waals surface area contributed by atoms with E-state index in [0.29, 0.717) is 35.4 Å². The number of anilines is 1. The molecule has 0 N–H and O–H groups in total. The number of carbonyl (C=O) groups excluding carboxylic acids is 1. The van der Waals surface area contributed by atoms with Gasteiger partial charge in [0.05, 0.1) is 30.3 Å². The molecule has 4 rings (SSSR count). The predicted molar refractivity (Wildman–Crippen MR) is 109 cm³/mol. The Balaban J connectivity index is 1.56. The Morgan fingerprint density at radius 2 is 2.13 bits per heavy atom. The van der Waals surface area contributed by atoms with Crippen LogP contribution in [-0.2, 0) is 4.79 Å². The molecule has 0 radical (unpaired) electrons. The van der Waals surface area contributed by atoms with Crippen molar-refractivity contribution in [3.05, 3.63) is 53.1 Å². The fourth-order valence-electron chi connectivity index (χ4n) is 3.41. The molecule has 1 aromatic heterocycles. The molecule has 7 nitrogen and oxygen atoms in total. The van der Waals surface area contributed by atoms with Gasteiger partial charge in [0.15, 0.2) is 17.3 Å². The highest BCUT2D eigenvalue weighted by atomic mass is 35.5. The van der Waals surface area contributed by atoms with Crippen molar-refractivity contribution in [1.29, 1.82) is 0 Å². The lowest BCUT2D eigenvalue weighted by atomic mass is 10.1. The van der Waals surface area contributed by atoms with Gasteiger partial charge < -0.3 is 18.9 Å². The number of rotatable bonds is 6. The van der Waals surface area contributed by atoms with Crippen molar-refractivity contribution in [1.82, 2.24) is 10.1 Å². The Morgan fingerprint density at radius 3 is 2.90 bits per heavy atom. The predicted octanol–water partition coefficient (Wildman–Crippen LogP) is 4.46. The molecule has 3 aromatic rings. The van der Waals surface area contributed by atoms with E-state index in [1.54, 1.807) is 31.4 Å². The lowest BCUT2D eigenvalue weighted by Gasteiger charge is -2.17. The molecule has 9 heteroatoms. The average Bonchev–Trinajstić information content (AvgIpc) is 3.38. The van der Waals surface area contributed by atoms with Gasteiger partial charge in [-0.3, -0.25) is 4.79 Å². The number of benzene rings is 2. The zero-order valence-corrected chi connectivity index (χ0v) is 17.1. The molecule has 1 unspecified atom stereocenters. The summed E-state index contributed by atoms with van der Waals surface area (Å²) >= 11 is 5.85. The van der Waals surface area contributed by atoms with Crippen LogP contribution in [0.1, 0.15) is 25.2 Å². The fourth-order valence-corrected chi connectivity index (χ4v) is 3.58. The summed E-state index contributed by atoms with van der Waals surface area (Å²) in [5, 5.41) is 4.00. The van der Waals surface area contributed by atoms with Crippen molar-refractivity contribution in [2.24, 2.45) is 0 Å². The Kier molecular flexibility index (Phi) is 5.59. The van der Waals surface area contributed by atoms with Crippen LogP contribution in [0.3, 0.4) is 0 Å². The lowest BCUT2D eigenvalue weighted by molar-refractivity contribution is -0.117. The van der Waals surface area contributed by atoms with E-state index in [2.05, 4.69) is 10.1 Å². The Bertz CT molecular complexity index is 1090. The zero-order chi connectivity index (χ0) is 21.3. The van der Waals surface area contributed by atoms with Crippen LogP contribution in [-0.4, -0.2) is 36.3 Å². The molecule has 1 atom stereocenters. The average molecular weight is 432 g/mol. The maximum atomic E-state index is 14.3. The first-order valence-electron chi connectivity index (χ1n) is 9.41. The first-order valence-corrected chi connectivity index (χ1v) is 9.78. The molecule has 0 spiro atoms. The third-order valence-corrected chi connectivity index (χ3v) is 5.15. The summed E-state index contributed by atoms with van der Waals surface area (Å²) in [4.78, 5) is 18.3. The van der Waals surface area contributed by atoms with Gasteiger partial charge in [-0.15, -0.1) is 0 Å². The summed E-state index contributed by atoms with van der Waals surface area (Å²) in [5.74, 6) is 0.654. The molecule has 156 valence electrons. The van der Waals surface area contributed by atoms with Crippen LogP contribution in [0.4, 0.5) is 10.1 Å². The van der Waals surface area contributed by atoms with Crippen LogP contribution >= 0.6 is 11.6 Å². The highest BCUT2D eigenvalue weighted by molar-refractivity contribution is 6.31. The van der Waals surface area contributed by atoms with Gasteiger partial charge in [0, 0.05) is 18.5 Å². The number of hydrogen-bond donors (Lipinski definition) is 0. The maximum absolute atomic E-state index is 14.3. The van der Waals surface area contributed by atoms with Crippen LogP contribution in [0.2, 0.25) is 5.02 Å². The molecule has 30 heavy (non-hydrogen) atoms. The SMILES string of the molecule is CCOc1ccc(-c2noc(C3CC(=O)N(c4cccc(Cl)c4F)C3)n2)cc1OC. The van der Waals surface area contributed by atoms with Crippen molar-refractivity contribution < 1.29 is 23.2 Å². The van der Waals surface area contributed by atoms with Crippen LogP contribution in [0, 0.1) is 5.82 Å². The van der Waals surface area contributed by atoms with E-state index < -0.39 is 5.82 Å². The molecule has 1 fully saturated rings. The Labute approximate surface area is 177 Å². The zero-order valence-electron chi connectivity index (χ0n) is 16.4. The molecule has 2 aromatic carbocycles. The van der Waals surface area contributed by atoms with Gasteiger partial charge in [-0.25, -0.2) is 4.39 Å². The number of aromatic nitrogens is 2. The standard InChI is InChI=1S/C21H19ClFN3O4/c1-3-29-16-8-7-12(9-17(16)28-2)20-24-21(30-25-20)13-10-18(27)26(11-13)15-6-4-5-14(22)19(15)23/h4-9,13H,3,10-11H2,1-2H3. The normalized spacial score (nSPS) is 16.2. The van der Waals surface area contributed by atoms with E-state index in [1.165, 1.54) is 17.0 Å². The van der Waals surface area contributed by atoms with Gasteiger partial charge in [0.25, 0.3) is 0 Å². The minimum Gasteiger partial charge on any atom is -0.493 e. The summed E-state index contributed by atoms with van der Waals surface area (Å²) in [6, 6.07) is 9.89. The third kappa shape index (κ3) is 3.70. The van der Waals surface area contributed by atoms with E-state index in [0.717, 1.165) is 0 Å². The van der Waals surface area contributed by atoms with Crippen molar-refractivity contribution >= 4 is 23.2 Å². The fraction of sp³-hybridized carbons (Fsp3) is 0.286. The van der Waals surface area contributed by atoms with Crippen LogP contribution in [0.15, 0.2) is 40.9 Å². The smallest absolute Gasteiger partial charge is 0.232 e. The van der Waals surface area contributed by atoms with Gasteiger partial charge in [-0.1, -0.05) is 22.8 Å². The number of carbonyl (C=O) groups is 1. The van der Waals surface area contributed by atoms with Crippen LogP contribution in [0.25, 0.3) is 11.4 Å². The summed E-state index contributed by atoms with van der Waals surface area (Å²) in [7, 11) is 1.55. The second-order valence-electron chi connectivity index (χ2n) is 6.73. The van der Waals surface area contributed by atoms with Gasteiger partial charge in [-0.2, -0.15) is 4.98 Å². The molecule has 1 saturated heterocycles. The highest BCUT2D eigenvalue weighted by Gasteiger charge is 2.36. The minimum absolute atomic E-state index is 0.0340. The molecular weight excluding hydrogens is 413 g/mol. The summed E-state index contributed by atoms with van der Waals surface area (Å²) in [6.07, 6.45) is 0.139. The van der Waals surface area contributed by atoms with Gasteiger partial charge in [0.1, 0.15) is 0 Å². The minimum atomic E-state index is -0.624. The first kappa shape index (κ1) is 20.2. The van der Waals surface area contributed by atoms with Crippen molar-refractivity contribution in [2.75, 3.05) is 25.2 Å². The van der Waals surface area contributed by atoms with E-state index in [9.17, 15) is 9.18 Å². The Hall–Kier alpha value is -3.13. The molecule has 1 aliphatic heterocycles. The van der Waals surface area contributed by atoms with Gasteiger partial charge in [-0.05, 0) is 37.3 Å². The summed E-state index contributed by atoms with van der Waals surface area (Å²) in [6.45, 7) is 2.63. The second kappa shape index (κ2) is 8.31. The monoisotopic (exact) mass is 431 g/mol. The van der Waals surface area contributed by atoms with E-state index >= 15 is 0 Å². The summed E-state index contributed by atoms with van der Waals surface area (Å²) < 4.78 is 30.6. The number of amides is 1. The number of ether oxygens (including phenoxy) is 2. The largest absolute Gasteiger partial charge is 0.493 e. The summed E-state index contributed by atoms with van der Waals surface area (Å²) in [5.41, 5.74) is 0.832. The number of halogens is 2. The second-order valence-corrected chi connectivity index (χ2v) is 7.14. The molecule has 1 amide bonds. The highest BCUT2D eigenvalue weighted by Crippen LogP contribution is 2.36. The third-order valence-electron chi connectivity index (χ3n) is 4.86. The molecule has 0 aliphatic carbocycles. The molecule has 2 heterocycles. The van der Waals surface area contributed by atoms with Gasteiger partial charge in [0.2, 0.25) is 17.6 Å². The van der Waals surface area contributed by atoms with Crippen LogP contribution < -0.4 is 14.4 Å². The van der Waals surface area contributed by atoms with E-state index in [-0.39, 0.29) is 35.5 Å².